The first-order valence-electron chi connectivity index (χ1n) is 18.3. The maximum absolute atomic E-state index is 13.8. The van der Waals surface area contributed by atoms with E-state index in [1.165, 1.54) is 35.2 Å². The first-order chi connectivity index (χ1) is 28.3. The van der Waals surface area contributed by atoms with E-state index in [2.05, 4.69) is 30.9 Å². The summed E-state index contributed by atoms with van der Waals surface area (Å²) in [4.78, 5) is 50.7. The topological polar surface area (TPSA) is 219 Å². The summed E-state index contributed by atoms with van der Waals surface area (Å²) in [7, 11) is 0.313. The molecule has 0 radical (unpaired) electrons. The Morgan fingerprint density at radius 2 is 1.49 bits per heavy atom. The quantitative estimate of drug-likeness (QED) is 0.0687. The number of imidazole rings is 1. The molecule has 306 valence electrons. The number of sulfone groups is 1. The Kier molecular flexibility index (Phi) is 12.4. The summed E-state index contributed by atoms with van der Waals surface area (Å²) in [5.41, 5.74) is 3.65. The Labute approximate surface area is 339 Å². The van der Waals surface area contributed by atoms with Gasteiger partial charge in [-0.3, -0.25) is 14.9 Å². The highest BCUT2D eigenvalue weighted by atomic mass is 32.2. The van der Waals surface area contributed by atoms with Crippen LogP contribution in [-0.4, -0.2) is 71.8 Å². The van der Waals surface area contributed by atoms with Crippen LogP contribution < -0.4 is 30.2 Å². The Morgan fingerprint density at radius 3 is 2.08 bits per heavy atom. The number of methoxy groups -OCH3 is 3. The molecule has 0 aliphatic carbocycles. The molecule has 0 fully saturated rings. The molecule has 17 nitrogen and oxygen atoms in total. The minimum atomic E-state index is -4.01. The molecule has 0 aliphatic rings. The van der Waals surface area contributed by atoms with Crippen molar-refractivity contribution in [2.45, 2.75) is 39.1 Å². The number of rotatable bonds is 16. The zero-order chi connectivity index (χ0) is 42.4. The summed E-state index contributed by atoms with van der Waals surface area (Å²) in [6.07, 6.45) is 0.961. The van der Waals surface area contributed by atoms with Gasteiger partial charge in [0.2, 0.25) is 17.1 Å². The van der Waals surface area contributed by atoms with Crippen molar-refractivity contribution in [3.05, 3.63) is 129 Å². The lowest BCUT2D eigenvalue weighted by Gasteiger charge is -2.22. The third-order valence-electron chi connectivity index (χ3n) is 9.84. The van der Waals surface area contributed by atoms with Gasteiger partial charge in [-0.05, 0) is 66.7 Å². The van der Waals surface area contributed by atoms with Crippen molar-refractivity contribution in [3.8, 4) is 17.2 Å². The molecule has 0 aliphatic heterocycles. The number of carbonyl (C=O) groups excluding carboxylic acids is 2. The summed E-state index contributed by atoms with van der Waals surface area (Å²) in [5, 5.41) is 20.0. The Morgan fingerprint density at radius 1 is 0.864 bits per heavy atom. The number of benzene rings is 4. The molecule has 3 N–H and O–H groups in total. The van der Waals surface area contributed by atoms with Crippen molar-refractivity contribution in [2.75, 3.05) is 43.0 Å². The normalized spacial score (nSPS) is 11.8. The van der Waals surface area contributed by atoms with Gasteiger partial charge in [0.25, 0.3) is 11.8 Å². The van der Waals surface area contributed by atoms with E-state index in [0.717, 1.165) is 16.3 Å². The second kappa shape index (κ2) is 17.6. The third-order valence-corrected chi connectivity index (χ3v) is 11.9. The van der Waals surface area contributed by atoms with E-state index in [-0.39, 0.29) is 42.1 Å². The maximum atomic E-state index is 13.8. The number of aromatic nitrogens is 4. The molecule has 2 amide bonds. The molecular formula is C41H42N8O9S. The number of ether oxygens (including phenoxy) is 3. The minimum absolute atomic E-state index is 0.0101. The van der Waals surface area contributed by atoms with Crippen LogP contribution in [0, 0.1) is 24.0 Å². The molecule has 2 heterocycles. The van der Waals surface area contributed by atoms with Crippen molar-refractivity contribution in [1.29, 1.82) is 0 Å². The fraction of sp³-hybridized carbons (Fsp3) is 0.244. The second-order valence-electron chi connectivity index (χ2n) is 13.3. The molecule has 1 unspecified atom stereocenters. The second-order valence-corrected chi connectivity index (χ2v) is 15.7. The van der Waals surface area contributed by atoms with Crippen molar-refractivity contribution in [2.24, 2.45) is 0 Å². The molecule has 0 saturated heterocycles. The zero-order valence-electron chi connectivity index (χ0n) is 33.1. The van der Waals surface area contributed by atoms with Gasteiger partial charge in [-0.1, -0.05) is 42.5 Å². The molecule has 6 aromatic rings. The van der Waals surface area contributed by atoms with Crippen LogP contribution in [0.15, 0.2) is 85.1 Å². The van der Waals surface area contributed by atoms with Gasteiger partial charge in [0, 0.05) is 47.3 Å². The van der Waals surface area contributed by atoms with Crippen molar-refractivity contribution in [3.63, 3.8) is 0 Å². The van der Waals surface area contributed by atoms with E-state index in [4.69, 9.17) is 14.2 Å². The highest BCUT2D eigenvalue weighted by Gasteiger charge is 2.33. The largest absolute Gasteiger partial charge is 0.493 e. The predicted octanol–water partition coefficient (Wildman–Crippen LogP) is 6.67. The Balaban J connectivity index is 1.36. The Bertz CT molecular complexity index is 2660. The molecule has 59 heavy (non-hydrogen) atoms. The van der Waals surface area contributed by atoms with Crippen LogP contribution >= 0.6 is 0 Å². The molecule has 4 aromatic carbocycles. The molecule has 1 atom stereocenters. The summed E-state index contributed by atoms with van der Waals surface area (Å²) in [6, 6.07) is 22.5. The molecule has 18 heteroatoms. The van der Waals surface area contributed by atoms with E-state index in [1.54, 1.807) is 72.8 Å². The molecule has 0 saturated carbocycles. The lowest BCUT2D eigenvalue weighted by Crippen LogP contribution is -2.23. The molecule has 0 bridgehead atoms. The number of aryl methyl sites for hydroxylation is 2. The van der Waals surface area contributed by atoms with Gasteiger partial charge < -0.3 is 35.0 Å². The summed E-state index contributed by atoms with van der Waals surface area (Å²) >= 11 is 0. The van der Waals surface area contributed by atoms with Crippen LogP contribution in [0.2, 0.25) is 0 Å². The summed E-state index contributed by atoms with van der Waals surface area (Å²) in [6.45, 7) is 4.92. The van der Waals surface area contributed by atoms with Crippen LogP contribution in [0.3, 0.4) is 0 Å². The van der Waals surface area contributed by atoms with Gasteiger partial charge in [0.05, 0.1) is 32.6 Å². The van der Waals surface area contributed by atoms with Gasteiger partial charge in [-0.15, -0.1) is 0 Å². The SMILES string of the molecule is COc1cc(NCc2ccc3nc(NC(=O)c4ccccc4)nc(NC(=O)c4ccccc4)c3c2C)c(CCS(=O)(=O)C(C)n2c([N+](=O)[O-])cnc2C)c(OC)c1OC. The highest BCUT2D eigenvalue weighted by molar-refractivity contribution is 7.91. The average Bonchev–Trinajstić information content (AvgIpc) is 3.63. The number of nitrogens with zero attached hydrogens (tertiary/aromatic N) is 5. The molecule has 0 spiro atoms. The monoisotopic (exact) mass is 822 g/mol. The Hall–Kier alpha value is -7.08. The van der Waals surface area contributed by atoms with Crippen LogP contribution in [0.25, 0.3) is 10.9 Å². The van der Waals surface area contributed by atoms with Gasteiger partial charge >= 0.3 is 5.82 Å². The molecule has 6 rings (SSSR count). The predicted molar refractivity (Wildman–Crippen MR) is 222 cm³/mol. The van der Waals surface area contributed by atoms with Crippen molar-refractivity contribution >= 4 is 55.8 Å². The number of hydrogen-bond donors (Lipinski definition) is 3. The van der Waals surface area contributed by atoms with Crippen LogP contribution in [0.4, 0.5) is 23.3 Å². The maximum Gasteiger partial charge on any atom is 0.343 e. The first kappa shape index (κ1) is 41.6. The van der Waals surface area contributed by atoms with Crippen molar-refractivity contribution < 1.29 is 37.1 Å². The van der Waals surface area contributed by atoms with Crippen molar-refractivity contribution in [1.82, 2.24) is 19.5 Å². The number of carbonyl (C=O) groups is 2. The van der Waals surface area contributed by atoms with E-state index in [0.29, 0.717) is 44.6 Å². The number of anilines is 3. The van der Waals surface area contributed by atoms with Gasteiger partial charge in [0.15, 0.2) is 27.2 Å². The lowest BCUT2D eigenvalue weighted by molar-refractivity contribution is -0.392. The standard InChI is InChI=1S/C41H42N8O9S/c1-24-29(17-18-31-35(24)38(45-39(50)27-13-9-7-10-14-27)46-41(44-31)47-40(51)28-15-11-8-12-16-28)22-43-32-21-33(56-4)37(58-6)36(57-5)30(32)19-20-59(54,55)26(3)48-25(2)42-23-34(48)49(52)53/h7-18,21,23,26,43H,19-20,22H2,1-6H3,(H2,44,45,46,47,50,51). The number of hydrogen-bond acceptors (Lipinski definition) is 13. The van der Waals surface area contributed by atoms with E-state index >= 15 is 0 Å². The fourth-order valence-electron chi connectivity index (χ4n) is 6.72. The number of nitro groups is 1. The minimum Gasteiger partial charge on any atom is -0.493 e. The van der Waals surface area contributed by atoms with E-state index in [1.807, 2.05) is 13.0 Å². The highest BCUT2D eigenvalue weighted by Crippen LogP contribution is 2.45. The van der Waals surface area contributed by atoms with Gasteiger partial charge in [-0.2, -0.15) is 9.55 Å². The smallest absolute Gasteiger partial charge is 0.343 e. The number of fused-ring (bicyclic) bond motifs is 1. The van der Waals surface area contributed by atoms with Crippen LogP contribution in [0.1, 0.15) is 55.5 Å². The number of nitrogens with one attached hydrogen (secondary N) is 3. The summed E-state index contributed by atoms with van der Waals surface area (Å²) < 4.78 is 45.6. The van der Waals surface area contributed by atoms with E-state index < -0.39 is 43.5 Å². The molecule has 2 aromatic heterocycles. The fourth-order valence-corrected chi connectivity index (χ4v) is 8.13. The van der Waals surface area contributed by atoms with Crippen LogP contribution in [0.5, 0.6) is 17.2 Å². The van der Waals surface area contributed by atoms with Gasteiger partial charge in [-0.25, -0.2) is 18.4 Å². The van der Waals surface area contributed by atoms with Gasteiger partial charge in [0.1, 0.15) is 12.0 Å². The first-order valence-corrected chi connectivity index (χ1v) is 20.0. The third kappa shape index (κ3) is 8.76. The van der Waals surface area contributed by atoms with Crippen LogP contribution in [-0.2, 0) is 22.8 Å². The van der Waals surface area contributed by atoms with E-state index in [9.17, 15) is 28.1 Å². The lowest BCUT2D eigenvalue weighted by atomic mass is 10.0. The zero-order valence-corrected chi connectivity index (χ0v) is 33.9. The summed E-state index contributed by atoms with van der Waals surface area (Å²) in [5.74, 6) is -0.543. The molecular weight excluding hydrogens is 781 g/mol. The average molecular weight is 823 g/mol. The number of amides is 2.